The number of rotatable bonds is 5. The molecule has 1 heterocycles. The molecule has 2 aliphatic rings. The first-order valence-electron chi connectivity index (χ1n) is 8.72. The van der Waals surface area contributed by atoms with Crippen molar-refractivity contribution in [2.24, 2.45) is 4.99 Å². The van der Waals surface area contributed by atoms with Crippen LogP contribution in [-0.2, 0) is 4.79 Å². The van der Waals surface area contributed by atoms with Crippen molar-refractivity contribution in [3.8, 4) is 0 Å². The monoisotopic (exact) mass is 330 g/mol. The fourth-order valence-electron chi connectivity index (χ4n) is 3.14. The zero-order valence-corrected chi connectivity index (χ0v) is 14.2. The van der Waals surface area contributed by atoms with Crippen molar-refractivity contribution >= 4 is 17.6 Å². The highest BCUT2D eigenvalue weighted by Crippen LogP contribution is 2.31. The number of anilines is 1. The first-order valence-corrected chi connectivity index (χ1v) is 8.72. The summed E-state index contributed by atoms with van der Waals surface area (Å²) in [6.45, 7) is 3.78. The Hall–Kier alpha value is -2.08. The molecule has 1 saturated carbocycles. The molecule has 6 heteroatoms. The van der Waals surface area contributed by atoms with Crippen molar-refractivity contribution in [3.05, 3.63) is 30.3 Å². The van der Waals surface area contributed by atoms with Gasteiger partial charge in [0.1, 0.15) is 0 Å². The standard InChI is InChI=1S/C18H26N4O2/c1-2-19-17(20-13-18(24)9-6-10-18)21-14-11-16(23)22(12-14)15-7-4-3-5-8-15/h3-5,7-8,14,24H,2,6,9-13H2,1H3,(H2,19,20,21). The van der Waals surface area contributed by atoms with Crippen LogP contribution in [0.25, 0.3) is 0 Å². The lowest BCUT2D eigenvalue weighted by atomic mass is 9.80. The van der Waals surface area contributed by atoms with Crippen molar-refractivity contribution in [2.45, 2.75) is 44.2 Å². The first kappa shape index (κ1) is 16.8. The highest BCUT2D eigenvalue weighted by molar-refractivity contribution is 5.97. The van der Waals surface area contributed by atoms with Crippen molar-refractivity contribution < 1.29 is 9.90 Å². The van der Waals surface area contributed by atoms with Gasteiger partial charge in [-0.3, -0.25) is 9.79 Å². The molecule has 2 fully saturated rings. The van der Waals surface area contributed by atoms with Gasteiger partial charge in [0.15, 0.2) is 5.96 Å². The van der Waals surface area contributed by atoms with Crippen LogP contribution in [0.2, 0.25) is 0 Å². The Morgan fingerprint density at radius 1 is 1.38 bits per heavy atom. The van der Waals surface area contributed by atoms with E-state index in [4.69, 9.17) is 0 Å². The third kappa shape index (κ3) is 3.87. The van der Waals surface area contributed by atoms with Crippen LogP contribution in [-0.4, -0.2) is 48.3 Å². The molecule has 1 aliphatic carbocycles. The van der Waals surface area contributed by atoms with E-state index in [1.54, 1.807) is 4.90 Å². The summed E-state index contributed by atoms with van der Waals surface area (Å²) in [6.07, 6.45) is 3.15. The number of carbonyl (C=O) groups excluding carboxylic acids is 1. The number of nitrogens with zero attached hydrogens (tertiary/aromatic N) is 2. The number of benzene rings is 1. The molecule has 3 N–H and O–H groups in total. The van der Waals surface area contributed by atoms with Gasteiger partial charge < -0.3 is 20.6 Å². The van der Waals surface area contributed by atoms with Gasteiger partial charge in [-0.25, -0.2) is 0 Å². The highest BCUT2D eigenvalue weighted by atomic mass is 16.3. The maximum atomic E-state index is 12.3. The predicted octanol–water partition coefficient (Wildman–Crippen LogP) is 1.26. The van der Waals surface area contributed by atoms with Crippen molar-refractivity contribution in [1.82, 2.24) is 10.6 Å². The summed E-state index contributed by atoms with van der Waals surface area (Å²) in [6, 6.07) is 9.74. The van der Waals surface area contributed by atoms with E-state index in [0.717, 1.165) is 31.5 Å². The zero-order valence-electron chi connectivity index (χ0n) is 14.2. The molecule has 0 radical (unpaired) electrons. The lowest BCUT2D eigenvalue weighted by Gasteiger charge is -2.35. The van der Waals surface area contributed by atoms with Gasteiger partial charge in [-0.05, 0) is 38.3 Å². The van der Waals surface area contributed by atoms with Crippen LogP contribution in [0.1, 0.15) is 32.6 Å². The van der Waals surface area contributed by atoms with Crippen molar-refractivity contribution in [3.63, 3.8) is 0 Å². The summed E-state index contributed by atoms with van der Waals surface area (Å²) < 4.78 is 0. The Labute approximate surface area is 143 Å². The third-order valence-corrected chi connectivity index (χ3v) is 4.69. The number of carbonyl (C=O) groups is 1. The van der Waals surface area contributed by atoms with Gasteiger partial charge in [-0.2, -0.15) is 0 Å². The predicted molar refractivity (Wildman–Crippen MR) is 95.1 cm³/mol. The topological polar surface area (TPSA) is 77.0 Å². The molecule has 1 unspecified atom stereocenters. The second kappa shape index (κ2) is 7.21. The zero-order chi connectivity index (χ0) is 17.0. The highest BCUT2D eigenvalue weighted by Gasteiger charge is 2.35. The number of hydrogen-bond acceptors (Lipinski definition) is 3. The van der Waals surface area contributed by atoms with E-state index in [0.29, 0.717) is 25.5 Å². The summed E-state index contributed by atoms with van der Waals surface area (Å²) in [5, 5.41) is 16.7. The van der Waals surface area contributed by atoms with E-state index >= 15 is 0 Å². The molecule has 0 bridgehead atoms. The van der Waals surface area contributed by atoms with E-state index in [9.17, 15) is 9.90 Å². The second-order valence-corrected chi connectivity index (χ2v) is 6.66. The summed E-state index contributed by atoms with van der Waals surface area (Å²) in [7, 11) is 0. The summed E-state index contributed by atoms with van der Waals surface area (Å²) in [4.78, 5) is 18.6. The number of para-hydroxylation sites is 1. The lowest BCUT2D eigenvalue weighted by molar-refractivity contribution is -0.117. The normalized spacial score (nSPS) is 23.1. The van der Waals surface area contributed by atoms with Gasteiger partial charge in [-0.15, -0.1) is 0 Å². The Morgan fingerprint density at radius 2 is 2.12 bits per heavy atom. The van der Waals surface area contributed by atoms with Gasteiger partial charge in [-0.1, -0.05) is 18.2 Å². The Morgan fingerprint density at radius 3 is 2.75 bits per heavy atom. The number of amides is 1. The molecule has 0 spiro atoms. The minimum absolute atomic E-state index is 0.0199. The fourth-order valence-corrected chi connectivity index (χ4v) is 3.14. The largest absolute Gasteiger partial charge is 0.388 e. The molecule has 3 rings (SSSR count). The number of aliphatic imine (C=N–C) groups is 1. The average molecular weight is 330 g/mol. The molecule has 6 nitrogen and oxygen atoms in total. The molecular weight excluding hydrogens is 304 g/mol. The van der Waals surface area contributed by atoms with E-state index in [-0.39, 0.29) is 11.9 Å². The van der Waals surface area contributed by atoms with Gasteiger partial charge in [0.2, 0.25) is 5.91 Å². The number of hydrogen-bond donors (Lipinski definition) is 3. The molecule has 1 aromatic rings. The van der Waals surface area contributed by atoms with Crippen LogP contribution in [0.15, 0.2) is 35.3 Å². The molecule has 1 amide bonds. The number of nitrogens with one attached hydrogen (secondary N) is 2. The van der Waals surface area contributed by atoms with Crippen molar-refractivity contribution in [1.29, 1.82) is 0 Å². The van der Waals surface area contributed by atoms with E-state index in [1.165, 1.54) is 0 Å². The van der Waals surface area contributed by atoms with Gasteiger partial charge in [0.25, 0.3) is 0 Å². The Kier molecular flexibility index (Phi) is 5.04. The van der Waals surface area contributed by atoms with Crippen LogP contribution in [0.3, 0.4) is 0 Å². The molecule has 0 aromatic heterocycles. The Bertz CT molecular complexity index is 598. The number of guanidine groups is 1. The molecule has 130 valence electrons. The molecule has 1 aromatic carbocycles. The van der Waals surface area contributed by atoms with E-state index in [2.05, 4.69) is 15.6 Å². The molecular formula is C18H26N4O2. The first-order chi connectivity index (χ1) is 11.6. The minimum Gasteiger partial charge on any atom is -0.388 e. The maximum absolute atomic E-state index is 12.3. The van der Waals surface area contributed by atoms with Crippen molar-refractivity contribution in [2.75, 3.05) is 24.5 Å². The second-order valence-electron chi connectivity index (χ2n) is 6.66. The fraction of sp³-hybridized carbons (Fsp3) is 0.556. The van der Waals surface area contributed by atoms with Gasteiger partial charge >= 0.3 is 0 Å². The molecule has 1 aliphatic heterocycles. The molecule has 24 heavy (non-hydrogen) atoms. The summed E-state index contributed by atoms with van der Waals surface area (Å²) in [5.74, 6) is 0.790. The quantitative estimate of drug-likeness (QED) is 0.561. The van der Waals surface area contributed by atoms with Crippen LogP contribution in [0, 0.1) is 0 Å². The minimum atomic E-state index is -0.635. The maximum Gasteiger partial charge on any atom is 0.229 e. The third-order valence-electron chi connectivity index (χ3n) is 4.69. The van der Waals surface area contributed by atoms with Gasteiger partial charge in [0.05, 0.1) is 18.2 Å². The Balaban J connectivity index is 1.61. The molecule has 1 atom stereocenters. The average Bonchev–Trinajstić information content (AvgIpc) is 2.92. The number of aliphatic hydroxyl groups is 1. The van der Waals surface area contributed by atoms with Crippen LogP contribution < -0.4 is 15.5 Å². The van der Waals surface area contributed by atoms with Crippen LogP contribution in [0.4, 0.5) is 5.69 Å². The summed E-state index contributed by atoms with van der Waals surface area (Å²) >= 11 is 0. The van der Waals surface area contributed by atoms with Crippen LogP contribution in [0.5, 0.6) is 0 Å². The molecule has 1 saturated heterocycles. The van der Waals surface area contributed by atoms with Crippen LogP contribution >= 0.6 is 0 Å². The summed E-state index contributed by atoms with van der Waals surface area (Å²) in [5.41, 5.74) is 0.293. The SMILES string of the molecule is CCNC(=NCC1(O)CCC1)NC1CC(=O)N(c2ccccc2)C1. The van der Waals surface area contributed by atoms with Gasteiger partial charge in [0, 0.05) is 25.2 Å². The lowest BCUT2D eigenvalue weighted by Crippen LogP contribution is -2.46. The van der Waals surface area contributed by atoms with E-state index in [1.807, 2.05) is 37.3 Å². The van der Waals surface area contributed by atoms with E-state index < -0.39 is 5.60 Å². The smallest absolute Gasteiger partial charge is 0.229 e.